The van der Waals surface area contributed by atoms with E-state index >= 15 is 0 Å². The Balaban J connectivity index is 2.06. The molecule has 0 aliphatic rings. The quantitative estimate of drug-likeness (QED) is 0.845. The van der Waals surface area contributed by atoms with Crippen LogP contribution in [0, 0.1) is 6.92 Å². The molecule has 0 saturated heterocycles. The van der Waals surface area contributed by atoms with Gasteiger partial charge in [0, 0.05) is 24.4 Å². The maximum atomic E-state index is 12.3. The molecule has 0 spiro atoms. The summed E-state index contributed by atoms with van der Waals surface area (Å²) in [5.41, 5.74) is 3.11. The number of methoxy groups -OCH3 is 2. The summed E-state index contributed by atoms with van der Waals surface area (Å²) in [6.45, 7) is 3.34. The zero-order valence-corrected chi connectivity index (χ0v) is 14.8. The van der Waals surface area contributed by atoms with Gasteiger partial charge in [-0.25, -0.2) is 0 Å². The van der Waals surface area contributed by atoms with Crippen molar-refractivity contribution in [3.05, 3.63) is 47.5 Å². The fraction of sp³-hybridized carbons (Fsp3) is 0.263. The fourth-order valence-corrected chi connectivity index (χ4v) is 2.40. The number of carbonyl (C=O) groups excluding carboxylic acids is 2. The minimum atomic E-state index is -0.136. The van der Waals surface area contributed by atoms with E-state index in [4.69, 9.17) is 9.47 Å². The van der Waals surface area contributed by atoms with Crippen molar-refractivity contribution in [1.82, 2.24) is 0 Å². The van der Waals surface area contributed by atoms with Crippen LogP contribution in [-0.2, 0) is 16.0 Å². The van der Waals surface area contributed by atoms with E-state index in [-0.39, 0.29) is 18.2 Å². The van der Waals surface area contributed by atoms with Crippen LogP contribution in [0.25, 0.3) is 0 Å². The molecule has 0 heterocycles. The molecule has 6 heteroatoms. The van der Waals surface area contributed by atoms with Gasteiger partial charge in [0.15, 0.2) is 11.5 Å². The van der Waals surface area contributed by atoms with E-state index in [1.807, 2.05) is 25.1 Å². The third-order valence-electron chi connectivity index (χ3n) is 3.64. The molecule has 0 aromatic heterocycles. The van der Waals surface area contributed by atoms with Gasteiger partial charge < -0.3 is 20.1 Å². The van der Waals surface area contributed by atoms with Gasteiger partial charge >= 0.3 is 0 Å². The van der Waals surface area contributed by atoms with E-state index in [0.29, 0.717) is 22.9 Å². The Hall–Kier alpha value is -3.02. The molecule has 25 heavy (non-hydrogen) atoms. The SMILES string of the molecule is COc1cc(C)c(NC(=O)Cc2ccc(NC(C)=O)cc2)cc1OC. The van der Waals surface area contributed by atoms with Crippen molar-refractivity contribution in [2.45, 2.75) is 20.3 Å². The highest BCUT2D eigenvalue weighted by atomic mass is 16.5. The van der Waals surface area contributed by atoms with Crippen LogP contribution in [0.5, 0.6) is 11.5 Å². The third kappa shape index (κ3) is 4.97. The van der Waals surface area contributed by atoms with Crippen molar-refractivity contribution in [3.8, 4) is 11.5 Å². The van der Waals surface area contributed by atoms with Crippen molar-refractivity contribution < 1.29 is 19.1 Å². The zero-order valence-electron chi connectivity index (χ0n) is 14.8. The van der Waals surface area contributed by atoms with Gasteiger partial charge in [0.2, 0.25) is 11.8 Å². The van der Waals surface area contributed by atoms with Crippen LogP contribution in [0.1, 0.15) is 18.1 Å². The van der Waals surface area contributed by atoms with Gasteiger partial charge in [0.1, 0.15) is 0 Å². The number of hydrogen-bond donors (Lipinski definition) is 2. The average molecular weight is 342 g/mol. The summed E-state index contributed by atoms with van der Waals surface area (Å²) in [4.78, 5) is 23.3. The summed E-state index contributed by atoms with van der Waals surface area (Å²) in [6.07, 6.45) is 0.230. The summed E-state index contributed by atoms with van der Waals surface area (Å²) in [5.74, 6) is 0.909. The number of anilines is 2. The first-order chi connectivity index (χ1) is 11.9. The number of nitrogens with one attached hydrogen (secondary N) is 2. The van der Waals surface area contributed by atoms with E-state index in [2.05, 4.69) is 10.6 Å². The molecule has 0 atom stereocenters. The molecule has 2 aromatic rings. The first-order valence-corrected chi connectivity index (χ1v) is 7.82. The first-order valence-electron chi connectivity index (χ1n) is 7.82. The van der Waals surface area contributed by atoms with Gasteiger partial charge in [0.25, 0.3) is 0 Å². The average Bonchev–Trinajstić information content (AvgIpc) is 2.57. The lowest BCUT2D eigenvalue weighted by Crippen LogP contribution is -2.15. The Morgan fingerprint density at radius 3 is 2.12 bits per heavy atom. The second-order valence-corrected chi connectivity index (χ2v) is 5.63. The fourth-order valence-electron chi connectivity index (χ4n) is 2.40. The smallest absolute Gasteiger partial charge is 0.228 e. The molecule has 0 fully saturated rings. The van der Waals surface area contributed by atoms with Gasteiger partial charge in [-0.2, -0.15) is 0 Å². The lowest BCUT2D eigenvalue weighted by Gasteiger charge is -2.13. The predicted octanol–water partition coefficient (Wildman–Crippen LogP) is 3.15. The summed E-state index contributed by atoms with van der Waals surface area (Å²) < 4.78 is 10.5. The Bertz CT molecular complexity index is 770. The van der Waals surface area contributed by atoms with Crippen LogP contribution in [0.4, 0.5) is 11.4 Å². The lowest BCUT2D eigenvalue weighted by atomic mass is 10.1. The minimum absolute atomic E-state index is 0.130. The highest BCUT2D eigenvalue weighted by molar-refractivity contribution is 5.93. The number of benzene rings is 2. The van der Waals surface area contributed by atoms with Gasteiger partial charge in [-0.3, -0.25) is 9.59 Å². The number of ether oxygens (including phenoxy) is 2. The van der Waals surface area contributed by atoms with Crippen molar-refractivity contribution in [3.63, 3.8) is 0 Å². The highest BCUT2D eigenvalue weighted by Crippen LogP contribution is 2.32. The standard InChI is InChI=1S/C19H22N2O4/c1-12-9-17(24-3)18(25-4)11-16(12)21-19(23)10-14-5-7-15(8-6-14)20-13(2)22/h5-9,11H,10H2,1-4H3,(H,20,22)(H,21,23). The minimum Gasteiger partial charge on any atom is -0.493 e. The van der Waals surface area contributed by atoms with Crippen LogP contribution in [0.15, 0.2) is 36.4 Å². The number of carbonyl (C=O) groups is 2. The molecule has 0 aliphatic carbocycles. The Labute approximate surface area is 147 Å². The molecule has 2 N–H and O–H groups in total. The second-order valence-electron chi connectivity index (χ2n) is 5.63. The zero-order chi connectivity index (χ0) is 18.4. The van der Waals surface area contributed by atoms with Crippen LogP contribution in [0.2, 0.25) is 0 Å². The monoisotopic (exact) mass is 342 g/mol. The normalized spacial score (nSPS) is 10.1. The predicted molar refractivity (Wildman–Crippen MR) is 97.4 cm³/mol. The molecule has 2 amide bonds. The molecule has 0 bridgehead atoms. The van der Waals surface area contributed by atoms with E-state index in [0.717, 1.165) is 11.1 Å². The number of aryl methyl sites for hydroxylation is 1. The largest absolute Gasteiger partial charge is 0.493 e. The van der Waals surface area contributed by atoms with Crippen LogP contribution < -0.4 is 20.1 Å². The number of hydrogen-bond acceptors (Lipinski definition) is 4. The molecule has 0 aliphatic heterocycles. The summed E-state index contributed by atoms with van der Waals surface area (Å²) in [7, 11) is 3.12. The van der Waals surface area contributed by atoms with Crippen LogP contribution in [0.3, 0.4) is 0 Å². The van der Waals surface area contributed by atoms with Crippen molar-refractivity contribution in [1.29, 1.82) is 0 Å². The molecular formula is C19H22N2O4. The Kier molecular flexibility index (Phi) is 6.00. The van der Waals surface area contributed by atoms with E-state index in [1.165, 1.54) is 6.92 Å². The summed E-state index contributed by atoms with van der Waals surface area (Å²) in [6, 6.07) is 10.7. The van der Waals surface area contributed by atoms with Gasteiger partial charge in [-0.15, -0.1) is 0 Å². The molecule has 0 unspecified atom stereocenters. The van der Waals surface area contributed by atoms with Crippen LogP contribution in [-0.4, -0.2) is 26.0 Å². The molecule has 2 aromatic carbocycles. The second kappa shape index (κ2) is 8.19. The summed E-state index contributed by atoms with van der Waals surface area (Å²) in [5, 5.41) is 5.58. The maximum Gasteiger partial charge on any atom is 0.228 e. The Morgan fingerprint density at radius 2 is 1.56 bits per heavy atom. The van der Waals surface area contributed by atoms with Gasteiger partial charge in [-0.1, -0.05) is 12.1 Å². The molecule has 132 valence electrons. The van der Waals surface area contributed by atoms with Gasteiger partial charge in [0.05, 0.1) is 20.6 Å². The number of amides is 2. The van der Waals surface area contributed by atoms with Crippen LogP contribution >= 0.6 is 0 Å². The Morgan fingerprint density at radius 1 is 0.960 bits per heavy atom. The topological polar surface area (TPSA) is 76.7 Å². The molecule has 0 saturated carbocycles. The maximum absolute atomic E-state index is 12.3. The van der Waals surface area contributed by atoms with Crippen molar-refractivity contribution >= 4 is 23.2 Å². The number of rotatable bonds is 6. The van der Waals surface area contributed by atoms with E-state index in [9.17, 15) is 9.59 Å². The molecule has 0 radical (unpaired) electrons. The van der Waals surface area contributed by atoms with E-state index < -0.39 is 0 Å². The third-order valence-corrected chi connectivity index (χ3v) is 3.64. The lowest BCUT2D eigenvalue weighted by molar-refractivity contribution is -0.116. The first kappa shape index (κ1) is 18.3. The van der Waals surface area contributed by atoms with E-state index in [1.54, 1.807) is 32.4 Å². The molecule has 6 nitrogen and oxygen atoms in total. The van der Waals surface area contributed by atoms with Gasteiger partial charge in [-0.05, 0) is 36.2 Å². The van der Waals surface area contributed by atoms with Crippen molar-refractivity contribution in [2.75, 3.05) is 24.9 Å². The summed E-state index contributed by atoms with van der Waals surface area (Å²) >= 11 is 0. The van der Waals surface area contributed by atoms with Crippen molar-refractivity contribution in [2.24, 2.45) is 0 Å². The molecule has 2 rings (SSSR count). The highest BCUT2D eigenvalue weighted by Gasteiger charge is 2.11. The molecular weight excluding hydrogens is 320 g/mol.